The second kappa shape index (κ2) is 5.24. The quantitative estimate of drug-likeness (QED) is 0.587. The largest absolute Gasteiger partial charge is 0.328 e. The van der Waals surface area contributed by atoms with E-state index in [1.54, 1.807) is 0 Å². The molecule has 0 saturated heterocycles. The minimum Gasteiger partial charge on any atom is -0.328 e. The van der Waals surface area contributed by atoms with Crippen molar-refractivity contribution in [2.75, 3.05) is 24.9 Å². The fourth-order valence-electron chi connectivity index (χ4n) is 1.07. The minimum atomic E-state index is -3.51. The van der Waals surface area contributed by atoms with Crippen molar-refractivity contribution in [3.05, 3.63) is 24.0 Å². The van der Waals surface area contributed by atoms with E-state index < -0.39 is 15.7 Å². The number of sulfone groups is 1. The minimum absolute atomic E-state index is 0.149. The zero-order chi connectivity index (χ0) is 12.2. The third kappa shape index (κ3) is 3.44. The molecule has 0 aliphatic heterocycles. The summed E-state index contributed by atoms with van der Waals surface area (Å²) in [6.45, 7) is 0.517. The molecule has 90 valence electrons. The van der Waals surface area contributed by atoms with E-state index in [0.29, 0.717) is 6.54 Å². The Kier molecular flexibility index (Phi) is 4.22. The van der Waals surface area contributed by atoms with Crippen molar-refractivity contribution >= 4 is 15.5 Å². The first kappa shape index (κ1) is 12.9. The number of rotatable bonds is 5. The van der Waals surface area contributed by atoms with Crippen molar-refractivity contribution in [3.63, 3.8) is 0 Å². The Balaban J connectivity index is 2.99. The lowest BCUT2D eigenvalue weighted by Crippen LogP contribution is -2.13. The van der Waals surface area contributed by atoms with Gasteiger partial charge in [0.25, 0.3) is 0 Å². The highest BCUT2D eigenvalue weighted by atomic mass is 32.2. The van der Waals surface area contributed by atoms with Gasteiger partial charge in [-0.25, -0.2) is 12.8 Å². The number of nitrogens with two attached hydrogens (primary N) is 1. The topological polar surface area (TPSA) is 81.4 Å². The van der Waals surface area contributed by atoms with E-state index in [4.69, 9.17) is 10.6 Å². The maximum absolute atomic E-state index is 12.9. The van der Waals surface area contributed by atoms with E-state index in [9.17, 15) is 12.8 Å². The summed E-state index contributed by atoms with van der Waals surface area (Å²) >= 11 is 0. The van der Waals surface area contributed by atoms with Gasteiger partial charge >= 0.3 is 0 Å². The first-order valence-electron chi connectivity index (χ1n) is 4.52. The van der Waals surface area contributed by atoms with Crippen LogP contribution in [0.3, 0.4) is 0 Å². The van der Waals surface area contributed by atoms with Crippen LogP contribution in [0.2, 0.25) is 0 Å². The highest BCUT2D eigenvalue weighted by Crippen LogP contribution is 2.22. The molecule has 0 aromatic heterocycles. The van der Waals surface area contributed by atoms with Gasteiger partial charge in [-0.3, -0.25) is 10.3 Å². The first-order chi connectivity index (χ1) is 7.45. The Morgan fingerprint density at radius 1 is 1.50 bits per heavy atom. The molecule has 1 aromatic rings. The molecule has 16 heavy (non-hydrogen) atoms. The van der Waals surface area contributed by atoms with E-state index in [-0.39, 0.29) is 17.2 Å². The van der Waals surface area contributed by atoms with Gasteiger partial charge in [0.15, 0.2) is 9.84 Å². The maximum Gasteiger partial charge on any atom is 0.177 e. The average molecular weight is 248 g/mol. The summed E-state index contributed by atoms with van der Waals surface area (Å²) in [5, 5.41) is 0. The third-order valence-corrected chi connectivity index (χ3v) is 2.88. The van der Waals surface area contributed by atoms with Crippen molar-refractivity contribution in [3.8, 4) is 0 Å². The molecule has 1 aromatic carbocycles. The van der Waals surface area contributed by atoms with Crippen molar-refractivity contribution in [1.29, 1.82) is 0 Å². The zero-order valence-corrected chi connectivity index (χ0v) is 9.55. The molecule has 0 heterocycles. The Morgan fingerprint density at radius 2 is 2.19 bits per heavy atom. The standard InChI is InChI=1S/C9H13FN2O3S/c1-16(13,14)9-6-7(10)2-3-8(9)12-15-5-4-11/h2-3,6,12H,4-5,11H2,1H3. The van der Waals surface area contributed by atoms with Crippen LogP contribution in [-0.4, -0.2) is 27.8 Å². The van der Waals surface area contributed by atoms with Crippen LogP contribution in [0.15, 0.2) is 23.1 Å². The van der Waals surface area contributed by atoms with Gasteiger partial charge < -0.3 is 5.73 Å². The van der Waals surface area contributed by atoms with Gasteiger partial charge in [0.2, 0.25) is 0 Å². The van der Waals surface area contributed by atoms with Gasteiger partial charge in [0.1, 0.15) is 5.82 Å². The lowest BCUT2D eigenvalue weighted by atomic mass is 10.3. The van der Waals surface area contributed by atoms with Crippen molar-refractivity contribution in [2.45, 2.75) is 4.90 Å². The molecule has 3 N–H and O–H groups in total. The molecule has 0 aliphatic carbocycles. The van der Waals surface area contributed by atoms with Crippen molar-refractivity contribution in [2.24, 2.45) is 5.73 Å². The fraction of sp³-hybridized carbons (Fsp3) is 0.333. The molecule has 7 heteroatoms. The van der Waals surface area contributed by atoms with E-state index in [1.807, 2.05) is 0 Å². The average Bonchev–Trinajstić information content (AvgIpc) is 2.19. The number of benzene rings is 1. The predicted molar refractivity (Wildman–Crippen MR) is 58.1 cm³/mol. The second-order valence-electron chi connectivity index (χ2n) is 3.15. The van der Waals surface area contributed by atoms with E-state index in [0.717, 1.165) is 18.4 Å². The summed E-state index contributed by atoms with van der Waals surface area (Å²) < 4.78 is 35.6. The summed E-state index contributed by atoms with van der Waals surface area (Å²) in [5.74, 6) is -0.621. The summed E-state index contributed by atoms with van der Waals surface area (Å²) in [4.78, 5) is 4.73. The molecule has 0 radical (unpaired) electrons. The monoisotopic (exact) mass is 248 g/mol. The Bertz CT molecular complexity index is 462. The highest BCUT2D eigenvalue weighted by molar-refractivity contribution is 7.90. The van der Waals surface area contributed by atoms with Gasteiger partial charge in [-0.05, 0) is 18.2 Å². The SMILES string of the molecule is CS(=O)(=O)c1cc(F)ccc1NOCCN. The summed E-state index contributed by atoms with van der Waals surface area (Å²) in [6, 6.07) is 3.37. The van der Waals surface area contributed by atoms with Gasteiger partial charge in [-0.15, -0.1) is 0 Å². The summed E-state index contributed by atoms with van der Waals surface area (Å²) in [7, 11) is -3.51. The highest BCUT2D eigenvalue weighted by Gasteiger charge is 2.14. The van der Waals surface area contributed by atoms with Crippen LogP contribution in [0.25, 0.3) is 0 Å². The van der Waals surface area contributed by atoms with Gasteiger partial charge in [-0.2, -0.15) is 0 Å². The van der Waals surface area contributed by atoms with Gasteiger partial charge in [0.05, 0.1) is 17.2 Å². The van der Waals surface area contributed by atoms with E-state index in [1.165, 1.54) is 6.07 Å². The Labute approximate surface area is 93.3 Å². The lowest BCUT2D eigenvalue weighted by molar-refractivity contribution is 0.201. The van der Waals surface area contributed by atoms with Crippen molar-refractivity contribution in [1.82, 2.24) is 0 Å². The number of hydrogen-bond acceptors (Lipinski definition) is 5. The molecule has 0 saturated carbocycles. The maximum atomic E-state index is 12.9. The molecular weight excluding hydrogens is 235 g/mol. The molecule has 0 amide bonds. The molecule has 0 bridgehead atoms. The van der Waals surface area contributed by atoms with Crippen LogP contribution in [0.4, 0.5) is 10.1 Å². The third-order valence-electron chi connectivity index (χ3n) is 1.75. The Morgan fingerprint density at radius 3 is 2.75 bits per heavy atom. The smallest absolute Gasteiger partial charge is 0.177 e. The molecule has 1 rings (SSSR count). The van der Waals surface area contributed by atoms with E-state index in [2.05, 4.69) is 5.48 Å². The van der Waals surface area contributed by atoms with Crippen LogP contribution < -0.4 is 11.2 Å². The normalized spacial score (nSPS) is 11.4. The van der Waals surface area contributed by atoms with Crippen LogP contribution in [0.5, 0.6) is 0 Å². The lowest BCUT2D eigenvalue weighted by Gasteiger charge is -2.10. The molecule has 0 unspecified atom stereocenters. The van der Waals surface area contributed by atoms with Crippen LogP contribution in [0, 0.1) is 5.82 Å². The summed E-state index contributed by atoms with van der Waals surface area (Å²) in [5.41, 5.74) is 7.81. The van der Waals surface area contributed by atoms with E-state index >= 15 is 0 Å². The fourth-order valence-corrected chi connectivity index (χ4v) is 1.91. The predicted octanol–water partition coefficient (Wildman–Crippen LogP) is 0.531. The number of anilines is 1. The molecule has 0 atom stereocenters. The Hall–Kier alpha value is -1.18. The summed E-state index contributed by atoms with van der Waals surface area (Å²) in [6.07, 6.45) is 0.996. The van der Waals surface area contributed by atoms with Crippen LogP contribution >= 0.6 is 0 Å². The molecule has 0 aliphatic rings. The number of hydrogen-bond donors (Lipinski definition) is 2. The first-order valence-corrected chi connectivity index (χ1v) is 6.42. The molecule has 0 fully saturated rings. The van der Waals surface area contributed by atoms with Gasteiger partial charge in [-0.1, -0.05) is 0 Å². The number of halogens is 1. The van der Waals surface area contributed by atoms with Crippen LogP contribution in [-0.2, 0) is 14.7 Å². The molecular formula is C9H13FN2O3S. The molecule has 5 nitrogen and oxygen atoms in total. The number of nitrogens with one attached hydrogen (secondary N) is 1. The van der Waals surface area contributed by atoms with Crippen LogP contribution in [0.1, 0.15) is 0 Å². The molecule has 0 spiro atoms. The second-order valence-corrected chi connectivity index (χ2v) is 5.14. The van der Waals surface area contributed by atoms with Gasteiger partial charge in [0, 0.05) is 12.8 Å². The van der Waals surface area contributed by atoms with Crippen molar-refractivity contribution < 1.29 is 17.6 Å². The zero-order valence-electron chi connectivity index (χ0n) is 8.73.